The van der Waals surface area contributed by atoms with Gasteiger partial charge in [0, 0.05) is 18.0 Å². The molecular weight excluding hydrogens is 353 g/mol. The zero-order valence-corrected chi connectivity index (χ0v) is 14.9. The van der Waals surface area contributed by atoms with E-state index in [-0.39, 0.29) is 0 Å². The number of hydrazone groups is 1. The first-order valence-corrected chi connectivity index (χ1v) is 10.2. The molecule has 0 radical (unpaired) electrons. The third-order valence-corrected chi connectivity index (χ3v) is 4.96. The van der Waals surface area contributed by atoms with E-state index in [1.165, 1.54) is 0 Å². The molecule has 1 aromatic heterocycles. The summed E-state index contributed by atoms with van der Waals surface area (Å²) in [5.41, 5.74) is 0.705. The van der Waals surface area contributed by atoms with Gasteiger partial charge in [0.05, 0.1) is 11.9 Å². The average Bonchev–Trinajstić information content (AvgIpc) is 2.64. The molecule has 0 aliphatic carbocycles. The highest BCUT2D eigenvalue weighted by Crippen LogP contribution is 2.44. The summed E-state index contributed by atoms with van der Waals surface area (Å²) in [5.74, 6) is 1.23. The van der Waals surface area contributed by atoms with E-state index >= 15 is 0 Å². The van der Waals surface area contributed by atoms with Crippen molar-refractivity contribution in [3.05, 3.63) is 90.8 Å². The summed E-state index contributed by atoms with van der Waals surface area (Å²) in [6, 6.07) is 24.1. The third kappa shape index (κ3) is 5.41. The molecule has 1 N–H and O–H groups in total. The van der Waals surface area contributed by atoms with Gasteiger partial charge in [0.25, 0.3) is 0 Å². The molecule has 0 spiro atoms. The zero-order chi connectivity index (χ0) is 17.4. The van der Waals surface area contributed by atoms with E-state index in [2.05, 4.69) is 15.3 Å². The Morgan fingerprint density at radius 3 is 1.92 bits per heavy atom. The molecule has 0 unspecified atom stereocenters. The fourth-order valence-electron chi connectivity index (χ4n) is 1.92. The van der Waals surface area contributed by atoms with Gasteiger partial charge >= 0.3 is 6.64 Å². The minimum Gasteiger partial charge on any atom is -0.420 e. The molecule has 0 aliphatic rings. The maximum Gasteiger partial charge on any atom is 0.408 e. The van der Waals surface area contributed by atoms with Crippen LogP contribution in [0, 0.1) is 0 Å². The van der Waals surface area contributed by atoms with Crippen LogP contribution in [0.1, 0.15) is 5.69 Å². The smallest absolute Gasteiger partial charge is 0.408 e. The minimum atomic E-state index is -2.94. The van der Waals surface area contributed by atoms with Crippen LogP contribution in [0.5, 0.6) is 11.5 Å². The van der Waals surface area contributed by atoms with Crippen molar-refractivity contribution in [2.24, 2.45) is 5.10 Å². The van der Waals surface area contributed by atoms with Gasteiger partial charge in [0.15, 0.2) is 0 Å². The van der Waals surface area contributed by atoms with E-state index in [0.29, 0.717) is 17.2 Å². The van der Waals surface area contributed by atoms with Crippen LogP contribution in [0.2, 0.25) is 0 Å². The molecule has 126 valence electrons. The van der Waals surface area contributed by atoms with Gasteiger partial charge in [-0.05, 0) is 36.4 Å². The first-order valence-electron chi connectivity index (χ1n) is 7.54. The van der Waals surface area contributed by atoms with E-state index in [9.17, 15) is 0 Å². The van der Waals surface area contributed by atoms with Crippen molar-refractivity contribution >= 4 is 24.7 Å². The van der Waals surface area contributed by atoms with E-state index in [0.717, 1.165) is 0 Å². The lowest BCUT2D eigenvalue weighted by Gasteiger charge is -2.22. The summed E-state index contributed by atoms with van der Waals surface area (Å²) in [6.07, 6.45) is 3.27. The molecule has 0 saturated carbocycles. The van der Waals surface area contributed by atoms with Gasteiger partial charge in [0.1, 0.15) is 11.5 Å². The monoisotopic (exact) mass is 369 g/mol. The molecule has 1 heterocycles. The Bertz CT molecular complexity index is 816. The molecule has 25 heavy (non-hydrogen) atoms. The summed E-state index contributed by atoms with van der Waals surface area (Å²) < 4.78 is 11.8. The minimum absolute atomic E-state index is 0.613. The van der Waals surface area contributed by atoms with Gasteiger partial charge in [-0.1, -0.05) is 42.5 Å². The molecule has 0 fully saturated rings. The Morgan fingerprint density at radius 1 is 0.840 bits per heavy atom. The SMILES string of the molecule is S=P(N/N=C/c1ccccn1)(Oc1ccccc1)Oc1ccccc1. The number of hydrogen-bond acceptors (Lipinski definition) is 5. The van der Waals surface area contributed by atoms with E-state index in [1.54, 1.807) is 12.4 Å². The molecule has 0 aliphatic heterocycles. The third-order valence-electron chi connectivity index (χ3n) is 3.00. The van der Waals surface area contributed by atoms with E-state index < -0.39 is 6.64 Å². The van der Waals surface area contributed by atoms with E-state index in [1.807, 2.05) is 78.9 Å². The highest BCUT2D eigenvalue weighted by molar-refractivity contribution is 8.09. The second-order valence-electron chi connectivity index (χ2n) is 4.92. The Morgan fingerprint density at radius 2 is 1.40 bits per heavy atom. The van der Waals surface area contributed by atoms with Gasteiger partial charge in [-0.2, -0.15) is 5.10 Å². The van der Waals surface area contributed by atoms with Crippen molar-refractivity contribution in [2.45, 2.75) is 0 Å². The molecule has 7 heteroatoms. The topological polar surface area (TPSA) is 55.7 Å². The van der Waals surface area contributed by atoms with Gasteiger partial charge in [-0.25, -0.2) is 5.20 Å². The lowest BCUT2D eigenvalue weighted by Crippen LogP contribution is -2.13. The number of nitrogens with one attached hydrogen (secondary N) is 1. The standard InChI is InChI=1S/C18H16N3O2PS/c25-24(22-17-10-3-1-4-11-17,23-18-12-5-2-6-13-18)21-20-15-16-9-7-8-14-19-16/h1-15H,(H,21,25)/b20-15+. The first-order chi connectivity index (χ1) is 12.2. The summed E-state index contributed by atoms with van der Waals surface area (Å²) >= 11 is 5.60. The summed E-state index contributed by atoms with van der Waals surface area (Å²) in [6.45, 7) is -2.94. The molecule has 3 aromatic rings. The molecular formula is C18H16N3O2PS. The van der Waals surface area contributed by atoms with Crippen molar-refractivity contribution < 1.29 is 9.05 Å². The predicted molar refractivity (Wildman–Crippen MR) is 103 cm³/mol. The maximum atomic E-state index is 5.90. The number of pyridine rings is 1. The summed E-state index contributed by atoms with van der Waals surface area (Å²) in [5, 5.41) is 7.02. The summed E-state index contributed by atoms with van der Waals surface area (Å²) in [4.78, 5) is 4.17. The predicted octanol–water partition coefficient (Wildman–Crippen LogP) is 4.39. The maximum absolute atomic E-state index is 5.90. The van der Waals surface area contributed by atoms with Gasteiger partial charge in [-0.3, -0.25) is 4.98 Å². The van der Waals surface area contributed by atoms with Crippen LogP contribution in [0.15, 0.2) is 90.2 Å². The fourth-order valence-corrected chi connectivity index (χ4v) is 3.69. The second kappa shape index (κ2) is 8.42. The van der Waals surface area contributed by atoms with Gasteiger partial charge < -0.3 is 9.05 Å². The number of aromatic nitrogens is 1. The molecule has 2 aromatic carbocycles. The number of hydrogen-bond donors (Lipinski definition) is 1. The molecule has 3 rings (SSSR count). The quantitative estimate of drug-likeness (QED) is 0.380. The highest BCUT2D eigenvalue weighted by Gasteiger charge is 2.22. The fraction of sp³-hybridized carbons (Fsp3) is 0. The number of nitrogens with zero attached hydrogens (tertiary/aromatic N) is 2. The van der Waals surface area contributed by atoms with Crippen LogP contribution in [0.3, 0.4) is 0 Å². The first kappa shape index (κ1) is 17.1. The van der Waals surface area contributed by atoms with E-state index in [4.69, 9.17) is 20.9 Å². The van der Waals surface area contributed by atoms with Crippen LogP contribution in [-0.2, 0) is 11.8 Å². The van der Waals surface area contributed by atoms with Crippen LogP contribution in [0.25, 0.3) is 0 Å². The van der Waals surface area contributed by atoms with Gasteiger partial charge in [-0.15, -0.1) is 0 Å². The van der Waals surface area contributed by atoms with Crippen molar-refractivity contribution in [3.63, 3.8) is 0 Å². The molecule has 0 amide bonds. The average molecular weight is 369 g/mol. The Hall–Kier alpha value is -2.69. The lowest BCUT2D eigenvalue weighted by atomic mass is 10.3. The molecule has 0 atom stereocenters. The Balaban J connectivity index is 1.78. The van der Waals surface area contributed by atoms with Crippen LogP contribution < -0.4 is 14.2 Å². The van der Waals surface area contributed by atoms with Crippen molar-refractivity contribution in [1.29, 1.82) is 0 Å². The Kier molecular flexibility index (Phi) is 5.77. The van der Waals surface area contributed by atoms with Gasteiger partial charge in [0.2, 0.25) is 0 Å². The van der Waals surface area contributed by atoms with Crippen molar-refractivity contribution in [2.75, 3.05) is 0 Å². The second-order valence-corrected chi connectivity index (χ2v) is 7.92. The molecule has 0 saturated heterocycles. The number of rotatable bonds is 7. The number of para-hydroxylation sites is 2. The zero-order valence-electron chi connectivity index (χ0n) is 13.2. The lowest BCUT2D eigenvalue weighted by molar-refractivity contribution is 0.472. The highest BCUT2D eigenvalue weighted by atomic mass is 32.5. The van der Waals surface area contributed by atoms with Crippen LogP contribution in [0.4, 0.5) is 0 Å². The molecule has 0 bridgehead atoms. The summed E-state index contributed by atoms with van der Waals surface area (Å²) in [7, 11) is 0. The normalized spacial score (nSPS) is 11.2. The van der Waals surface area contributed by atoms with Crippen LogP contribution >= 0.6 is 6.64 Å². The molecule has 5 nitrogen and oxygen atoms in total. The largest absolute Gasteiger partial charge is 0.420 e. The number of benzene rings is 2. The van der Waals surface area contributed by atoms with Crippen molar-refractivity contribution in [3.8, 4) is 11.5 Å². The van der Waals surface area contributed by atoms with Crippen molar-refractivity contribution in [1.82, 2.24) is 10.2 Å². The van der Waals surface area contributed by atoms with Crippen LogP contribution in [-0.4, -0.2) is 11.2 Å². The Labute approximate surface area is 151 Å².